The zero-order valence-corrected chi connectivity index (χ0v) is 15.9. The SMILES string of the molecule is Cc1c(N2C[C@H](N)[C@@H](C(F)(F)F)C2)c(F)cn2c(=O)c(OC(=O)O)cc(C3CC3)c12. The van der Waals surface area contributed by atoms with Gasteiger partial charge in [0.25, 0.3) is 5.56 Å². The number of hydrogen-bond acceptors (Lipinski definition) is 5. The number of ether oxygens (including phenoxy) is 1. The number of halogens is 4. The van der Waals surface area contributed by atoms with Crippen molar-refractivity contribution >= 4 is 17.4 Å². The minimum absolute atomic E-state index is 0.0255. The minimum atomic E-state index is -4.51. The third-order valence-electron chi connectivity index (χ3n) is 5.73. The summed E-state index contributed by atoms with van der Waals surface area (Å²) in [4.78, 5) is 24.8. The molecular formula is C19H19F4N3O4. The van der Waals surface area contributed by atoms with Crippen LogP contribution >= 0.6 is 0 Å². The lowest BCUT2D eigenvalue weighted by Crippen LogP contribution is -2.38. The molecular weight excluding hydrogens is 410 g/mol. The van der Waals surface area contributed by atoms with E-state index in [1.807, 2.05) is 0 Å². The number of aryl methyl sites for hydroxylation is 1. The number of carboxylic acid groups (broad SMARTS) is 1. The lowest BCUT2D eigenvalue weighted by molar-refractivity contribution is -0.171. The third kappa shape index (κ3) is 3.36. The summed E-state index contributed by atoms with van der Waals surface area (Å²) >= 11 is 0. The number of rotatable bonds is 3. The van der Waals surface area contributed by atoms with Crippen LogP contribution in [0.15, 0.2) is 17.1 Å². The molecule has 0 aromatic carbocycles. The molecule has 0 radical (unpaired) electrons. The summed E-state index contributed by atoms with van der Waals surface area (Å²) in [7, 11) is 0. The summed E-state index contributed by atoms with van der Waals surface area (Å²) in [5.41, 5.74) is 6.01. The molecule has 1 saturated heterocycles. The molecule has 2 aliphatic rings. The summed E-state index contributed by atoms with van der Waals surface area (Å²) < 4.78 is 60.2. The van der Waals surface area contributed by atoms with Crippen LogP contribution in [0.2, 0.25) is 0 Å². The van der Waals surface area contributed by atoms with Gasteiger partial charge >= 0.3 is 12.3 Å². The molecule has 1 aliphatic carbocycles. The van der Waals surface area contributed by atoms with Crippen molar-refractivity contribution in [1.29, 1.82) is 0 Å². The fourth-order valence-corrected chi connectivity index (χ4v) is 4.24. The number of nitrogens with two attached hydrogens (primary N) is 1. The van der Waals surface area contributed by atoms with Crippen molar-refractivity contribution < 1.29 is 32.2 Å². The number of pyridine rings is 2. The van der Waals surface area contributed by atoms with Crippen LogP contribution in [0.5, 0.6) is 5.75 Å². The van der Waals surface area contributed by atoms with Crippen molar-refractivity contribution in [2.24, 2.45) is 11.7 Å². The first kappa shape index (κ1) is 20.5. The second-order valence-electron chi connectivity index (χ2n) is 7.80. The van der Waals surface area contributed by atoms with E-state index in [1.165, 1.54) is 17.9 Å². The highest BCUT2D eigenvalue weighted by atomic mass is 19.4. The molecule has 30 heavy (non-hydrogen) atoms. The van der Waals surface area contributed by atoms with E-state index in [9.17, 15) is 22.8 Å². The van der Waals surface area contributed by atoms with Gasteiger partial charge in [0.2, 0.25) is 0 Å². The maximum atomic E-state index is 15.0. The van der Waals surface area contributed by atoms with Crippen molar-refractivity contribution in [1.82, 2.24) is 4.40 Å². The van der Waals surface area contributed by atoms with E-state index in [2.05, 4.69) is 4.74 Å². The Morgan fingerprint density at radius 2 is 1.97 bits per heavy atom. The maximum Gasteiger partial charge on any atom is 0.511 e. The van der Waals surface area contributed by atoms with Crippen molar-refractivity contribution in [3.8, 4) is 5.75 Å². The number of hydrogen-bond donors (Lipinski definition) is 2. The molecule has 3 heterocycles. The summed E-state index contributed by atoms with van der Waals surface area (Å²) in [6.45, 7) is 0.867. The number of carbonyl (C=O) groups is 1. The second kappa shape index (κ2) is 6.86. The summed E-state index contributed by atoms with van der Waals surface area (Å²) in [6.07, 6.45) is -3.73. The summed E-state index contributed by atoms with van der Waals surface area (Å²) in [5, 5.41) is 8.87. The van der Waals surface area contributed by atoms with Crippen LogP contribution in [-0.4, -0.2) is 41.0 Å². The van der Waals surface area contributed by atoms with Crippen LogP contribution in [0.1, 0.15) is 29.9 Å². The smallest absolute Gasteiger partial charge is 0.449 e. The van der Waals surface area contributed by atoms with Crippen LogP contribution in [0.3, 0.4) is 0 Å². The van der Waals surface area contributed by atoms with Gasteiger partial charge in [-0.1, -0.05) is 0 Å². The molecule has 2 aromatic heterocycles. The number of nitrogens with zero attached hydrogens (tertiary/aromatic N) is 2. The quantitative estimate of drug-likeness (QED) is 0.575. The summed E-state index contributed by atoms with van der Waals surface area (Å²) in [6, 6.07) is 0.128. The van der Waals surface area contributed by atoms with Crippen LogP contribution < -0.4 is 20.9 Å². The normalized spacial score (nSPS) is 22.0. The van der Waals surface area contributed by atoms with E-state index in [0.29, 0.717) is 16.6 Å². The lowest BCUT2D eigenvalue weighted by atomic mass is 10.0. The molecule has 0 unspecified atom stereocenters. The van der Waals surface area contributed by atoms with Gasteiger partial charge in [-0.25, -0.2) is 9.18 Å². The minimum Gasteiger partial charge on any atom is -0.449 e. The Balaban J connectivity index is 1.89. The van der Waals surface area contributed by atoms with Gasteiger partial charge in [0, 0.05) is 19.1 Å². The fraction of sp³-hybridized carbons (Fsp3) is 0.474. The highest BCUT2D eigenvalue weighted by Crippen LogP contribution is 2.45. The molecule has 4 rings (SSSR count). The van der Waals surface area contributed by atoms with E-state index in [4.69, 9.17) is 10.8 Å². The molecule has 11 heteroatoms. The zero-order chi connectivity index (χ0) is 22.0. The topological polar surface area (TPSA) is 97.3 Å². The Morgan fingerprint density at radius 1 is 1.30 bits per heavy atom. The van der Waals surface area contributed by atoms with Crippen LogP contribution in [0, 0.1) is 18.7 Å². The predicted molar refractivity (Wildman–Crippen MR) is 98.7 cm³/mol. The number of anilines is 1. The van der Waals surface area contributed by atoms with Gasteiger partial charge in [-0.05, 0) is 42.9 Å². The van der Waals surface area contributed by atoms with Crippen molar-refractivity contribution in [3.05, 3.63) is 39.6 Å². The zero-order valence-electron chi connectivity index (χ0n) is 15.9. The number of aromatic nitrogens is 1. The maximum absolute atomic E-state index is 15.0. The Morgan fingerprint density at radius 3 is 2.50 bits per heavy atom. The molecule has 2 atom stereocenters. The van der Waals surface area contributed by atoms with Crippen molar-refractivity contribution in [3.63, 3.8) is 0 Å². The molecule has 0 bridgehead atoms. The molecule has 0 spiro atoms. The first-order valence-electron chi connectivity index (χ1n) is 9.35. The molecule has 2 fully saturated rings. The lowest BCUT2D eigenvalue weighted by Gasteiger charge is -2.24. The average Bonchev–Trinajstić information content (AvgIpc) is 3.38. The Hall–Kier alpha value is -2.82. The highest BCUT2D eigenvalue weighted by Gasteiger charge is 2.49. The van der Waals surface area contributed by atoms with Crippen LogP contribution in [-0.2, 0) is 0 Å². The molecule has 2 aromatic rings. The summed E-state index contributed by atoms with van der Waals surface area (Å²) in [5.74, 6) is -3.11. The molecule has 7 nitrogen and oxygen atoms in total. The van der Waals surface area contributed by atoms with Gasteiger partial charge in [0.15, 0.2) is 11.6 Å². The van der Waals surface area contributed by atoms with Crippen LogP contribution in [0.4, 0.5) is 28.0 Å². The third-order valence-corrected chi connectivity index (χ3v) is 5.73. The standard InChI is InChI=1S/C19H19F4N3O4/c1-8-15-10(9-2-3-9)4-14(30-18(28)29)17(27)26(15)6-12(20)16(8)25-5-11(13(24)7-25)19(21,22)23/h4,6,9,11,13H,2-3,5,7,24H2,1H3,(H,28,29)/t11-,13-/m0/s1. The Kier molecular flexibility index (Phi) is 4.68. The monoisotopic (exact) mass is 429 g/mol. The van der Waals surface area contributed by atoms with E-state index in [-0.39, 0.29) is 18.2 Å². The first-order chi connectivity index (χ1) is 14.0. The fourth-order valence-electron chi connectivity index (χ4n) is 4.24. The van der Waals surface area contributed by atoms with Gasteiger partial charge in [-0.15, -0.1) is 0 Å². The van der Waals surface area contributed by atoms with Gasteiger partial charge < -0.3 is 20.5 Å². The Labute approximate surface area is 167 Å². The van der Waals surface area contributed by atoms with E-state index in [1.54, 1.807) is 0 Å². The number of alkyl halides is 3. The largest absolute Gasteiger partial charge is 0.511 e. The molecule has 162 valence electrons. The van der Waals surface area contributed by atoms with Gasteiger partial charge in [-0.2, -0.15) is 13.2 Å². The molecule has 3 N–H and O–H groups in total. The van der Waals surface area contributed by atoms with E-state index >= 15 is 4.39 Å². The van der Waals surface area contributed by atoms with Crippen LogP contribution in [0.25, 0.3) is 5.52 Å². The molecule has 0 amide bonds. The number of fused-ring (bicyclic) bond motifs is 1. The van der Waals surface area contributed by atoms with Gasteiger partial charge in [-0.3, -0.25) is 9.20 Å². The van der Waals surface area contributed by atoms with E-state index < -0.39 is 48.0 Å². The van der Waals surface area contributed by atoms with Gasteiger partial charge in [0.05, 0.1) is 23.3 Å². The van der Waals surface area contributed by atoms with Crippen molar-refractivity contribution in [2.45, 2.75) is 37.9 Å². The second-order valence-corrected chi connectivity index (χ2v) is 7.80. The van der Waals surface area contributed by atoms with Crippen molar-refractivity contribution in [2.75, 3.05) is 18.0 Å². The highest BCUT2D eigenvalue weighted by molar-refractivity contribution is 5.74. The van der Waals surface area contributed by atoms with E-state index in [0.717, 1.165) is 23.4 Å². The predicted octanol–water partition coefficient (Wildman–Crippen LogP) is 3.01. The molecule has 1 aliphatic heterocycles. The first-order valence-corrected chi connectivity index (χ1v) is 9.35. The average molecular weight is 429 g/mol. The van der Waals surface area contributed by atoms with Gasteiger partial charge in [0.1, 0.15) is 0 Å². The Bertz CT molecular complexity index is 1090. The molecule has 1 saturated carbocycles.